The second kappa shape index (κ2) is 8.70. The number of esters is 1. The van der Waals surface area contributed by atoms with Crippen molar-refractivity contribution in [3.63, 3.8) is 0 Å². The maximum absolute atomic E-state index is 12.2. The molecule has 1 aliphatic heterocycles. The van der Waals surface area contributed by atoms with Gasteiger partial charge in [0.15, 0.2) is 0 Å². The predicted octanol–water partition coefficient (Wildman–Crippen LogP) is 4.07. The van der Waals surface area contributed by atoms with E-state index in [1.807, 2.05) is 37.3 Å². The molecule has 4 atom stereocenters. The maximum Gasteiger partial charge on any atom is 0.323 e. The van der Waals surface area contributed by atoms with Crippen molar-refractivity contribution in [3.8, 4) is 5.75 Å². The minimum atomic E-state index is -0.509. The lowest BCUT2D eigenvalue weighted by molar-refractivity contribution is -0.155. The Bertz CT molecular complexity index is 541. The van der Waals surface area contributed by atoms with Gasteiger partial charge >= 0.3 is 5.97 Å². The van der Waals surface area contributed by atoms with Gasteiger partial charge in [-0.3, -0.25) is 4.79 Å². The summed E-state index contributed by atoms with van der Waals surface area (Å²) >= 11 is 0. The van der Waals surface area contributed by atoms with Crippen molar-refractivity contribution >= 4 is 5.97 Å². The molecule has 0 bridgehead atoms. The highest BCUT2D eigenvalue weighted by atomic mass is 16.6. The number of hydrogen-bond donors (Lipinski definition) is 1. The van der Waals surface area contributed by atoms with Crippen LogP contribution in [-0.2, 0) is 9.53 Å². The summed E-state index contributed by atoms with van der Waals surface area (Å²) in [5, 5.41) is 0. The third kappa shape index (κ3) is 4.97. The third-order valence-corrected chi connectivity index (χ3v) is 5.75. The van der Waals surface area contributed by atoms with E-state index in [2.05, 4.69) is 0 Å². The molecular weight excluding hydrogens is 314 g/mol. The number of hydrogen-bond acceptors (Lipinski definition) is 4. The van der Waals surface area contributed by atoms with E-state index >= 15 is 0 Å². The van der Waals surface area contributed by atoms with E-state index in [0.717, 1.165) is 30.9 Å². The molecule has 1 saturated heterocycles. The van der Waals surface area contributed by atoms with Crippen molar-refractivity contribution in [2.24, 2.45) is 17.6 Å². The topological polar surface area (TPSA) is 61.5 Å². The smallest absolute Gasteiger partial charge is 0.323 e. The molecule has 4 nitrogen and oxygen atoms in total. The number of carbonyl (C=O) groups excluding carboxylic acids is 1. The minimum Gasteiger partial charge on any atom is -0.486 e. The van der Waals surface area contributed by atoms with Crippen LogP contribution in [0.1, 0.15) is 58.3 Å². The fourth-order valence-corrected chi connectivity index (χ4v) is 4.38. The van der Waals surface area contributed by atoms with Crippen LogP contribution in [0.15, 0.2) is 30.3 Å². The number of ether oxygens (including phenoxy) is 2. The van der Waals surface area contributed by atoms with Crippen molar-refractivity contribution in [2.75, 3.05) is 0 Å². The number of nitrogens with two attached hydrogens (primary N) is 1. The van der Waals surface area contributed by atoms with Gasteiger partial charge < -0.3 is 15.2 Å². The Kier molecular flexibility index (Phi) is 6.35. The van der Waals surface area contributed by atoms with Crippen LogP contribution in [0.4, 0.5) is 0 Å². The van der Waals surface area contributed by atoms with Gasteiger partial charge in [-0.05, 0) is 50.2 Å². The summed E-state index contributed by atoms with van der Waals surface area (Å²) in [6.07, 6.45) is 8.79. The first-order chi connectivity index (χ1) is 12.1. The van der Waals surface area contributed by atoms with Crippen LogP contribution >= 0.6 is 0 Å². The molecule has 3 rings (SSSR count). The van der Waals surface area contributed by atoms with E-state index in [0.29, 0.717) is 12.3 Å². The van der Waals surface area contributed by atoms with E-state index in [1.54, 1.807) is 0 Å². The van der Waals surface area contributed by atoms with Crippen molar-refractivity contribution in [1.82, 2.24) is 0 Å². The Hall–Kier alpha value is -1.55. The van der Waals surface area contributed by atoms with Gasteiger partial charge in [0.2, 0.25) is 0 Å². The van der Waals surface area contributed by atoms with Crippen molar-refractivity contribution in [2.45, 2.75) is 76.5 Å². The Morgan fingerprint density at radius 2 is 1.80 bits per heavy atom. The molecule has 1 heterocycles. The van der Waals surface area contributed by atoms with Gasteiger partial charge in [0.05, 0.1) is 0 Å². The molecule has 2 aliphatic rings. The van der Waals surface area contributed by atoms with Crippen LogP contribution < -0.4 is 10.5 Å². The fraction of sp³-hybridized carbons (Fsp3) is 0.667. The van der Waals surface area contributed by atoms with Crippen molar-refractivity contribution in [1.29, 1.82) is 0 Å². The average molecular weight is 345 g/mol. The Morgan fingerprint density at radius 1 is 1.08 bits per heavy atom. The number of rotatable bonds is 4. The van der Waals surface area contributed by atoms with Gasteiger partial charge in [-0.1, -0.05) is 50.3 Å². The summed E-state index contributed by atoms with van der Waals surface area (Å²) < 4.78 is 12.0. The molecule has 0 spiro atoms. The molecule has 0 radical (unpaired) electrons. The van der Waals surface area contributed by atoms with E-state index in [-0.39, 0.29) is 18.2 Å². The predicted molar refractivity (Wildman–Crippen MR) is 98.3 cm³/mol. The first kappa shape index (κ1) is 18.2. The zero-order chi connectivity index (χ0) is 17.6. The van der Waals surface area contributed by atoms with Gasteiger partial charge in [-0.25, -0.2) is 0 Å². The van der Waals surface area contributed by atoms with Crippen LogP contribution in [0.2, 0.25) is 0 Å². The summed E-state index contributed by atoms with van der Waals surface area (Å²) in [6.45, 7) is 1.95. The quantitative estimate of drug-likeness (QED) is 0.836. The summed E-state index contributed by atoms with van der Waals surface area (Å²) in [5.41, 5.74) is 5.97. The molecule has 138 valence electrons. The van der Waals surface area contributed by atoms with Gasteiger partial charge in [0.1, 0.15) is 24.0 Å². The molecule has 1 aliphatic carbocycles. The number of para-hydroxylation sites is 1. The van der Waals surface area contributed by atoms with Crippen molar-refractivity contribution < 1.29 is 14.3 Å². The summed E-state index contributed by atoms with van der Waals surface area (Å²) in [4.78, 5) is 12.2. The molecule has 1 saturated carbocycles. The highest BCUT2D eigenvalue weighted by Gasteiger charge is 2.35. The van der Waals surface area contributed by atoms with Crippen LogP contribution in [0, 0.1) is 11.8 Å². The number of benzene rings is 1. The molecule has 0 amide bonds. The first-order valence-electron chi connectivity index (χ1n) is 9.81. The Balaban J connectivity index is 1.78. The van der Waals surface area contributed by atoms with Gasteiger partial charge in [-0.2, -0.15) is 0 Å². The van der Waals surface area contributed by atoms with Gasteiger partial charge in [0.25, 0.3) is 0 Å². The molecular formula is C21H31NO3. The fourth-order valence-electron chi connectivity index (χ4n) is 4.38. The third-order valence-electron chi connectivity index (χ3n) is 5.75. The van der Waals surface area contributed by atoms with Crippen LogP contribution in [0.5, 0.6) is 5.75 Å². The Morgan fingerprint density at radius 3 is 2.52 bits per heavy atom. The van der Waals surface area contributed by atoms with Gasteiger partial charge in [0, 0.05) is 0 Å². The molecule has 25 heavy (non-hydrogen) atoms. The Labute approximate surface area is 151 Å². The normalized spacial score (nSPS) is 31.7. The van der Waals surface area contributed by atoms with E-state index < -0.39 is 6.04 Å². The first-order valence-corrected chi connectivity index (χ1v) is 9.81. The summed E-state index contributed by atoms with van der Waals surface area (Å²) in [6, 6.07) is 9.37. The lowest BCUT2D eigenvalue weighted by Crippen LogP contribution is -2.42. The van der Waals surface area contributed by atoms with Crippen LogP contribution in [0.25, 0.3) is 0 Å². The van der Waals surface area contributed by atoms with Crippen molar-refractivity contribution in [3.05, 3.63) is 30.3 Å². The van der Waals surface area contributed by atoms with E-state index in [4.69, 9.17) is 15.2 Å². The molecule has 2 N–H and O–H groups in total. The van der Waals surface area contributed by atoms with Gasteiger partial charge in [-0.15, -0.1) is 0 Å². The maximum atomic E-state index is 12.2. The molecule has 1 aromatic carbocycles. The summed E-state index contributed by atoms with van der Waals surface area (Å²) in [7, 11) is 0. The van der Waals surface area contributed by atoms with Crippen LogP contribution in [-0.4, -0.2) is 24.2 Å². The number of carbonyl (C=O) groups is 1. The zero-order valence-corrected chi connectivity index (χ0v) is 15.2. The molecule has 2 fully saturated rings. The molecule has 1 aromatic rings. The highest BCUT2D eigenvalue weighted by molar-refractivity contribution is 5.75. The standard InChI is InChI=1S/C21H31NO3/c1-15-20(25-18-11-3-2-4-12-18)17(14-16-8-5-6-9-16)10-7-13-19(22)21(23)24-15/h2-4,11-12,15-17,19-20H,5-10,13-14,22H2,1H3. The molecule has 4 heteroatoms. The molecule has 4 unspecified atom stereocenters. The monoisotopic (exact) mass is 345 g/mol. The van der Waals surface area contributed by atoms with E-state index in [1.165, 1.54) is 25.7 Å². The van der Waals surface area contributed by atoms with Crippen LogP contribution in [0.3, 0.4) is 0 Å². The second-order valence-electron chi connectivity index (χ2n) is 7.72. The average Bonchev–Trinajstić information content (AvgIpc) is 3.12. The largest absolute Gasteiger partial charge is 0.486 e. The highest BCUT2D eigenvalue weighted by Crippen LogP contribution is 2.36. The minimum absolute atomic E-state index is 0.114. The molecule has 0 aromatic heterocycles. The summed E-state index contributed by atoms with van der Waals surface area (Å²) in [5.74, 6) is 1.73. The lowest BCUT2D eigenvalue weighted by Gasteiger charge is -2.33. The SMILES string of the molecule is CC1OC(=O)C(N)CCCC(CC2CCCC2)C1Oc1ccccc1. The van der Waals surface area contributed by atoms with E-state index in [9.17, 15) is 4.79 Å². The zero-order valence-electron chi connectivity index (χ0n) is 15.2. The number of cyclic esters (lactones) is 1. The lowest BCUT2D eigenvalue weighted by atomic mass is 9.83. The second-order valence-corrected chi connectivity index (χ2v) is 7.72.